The molecule has 0 aliphatic heterocycles. The van der Waals surface area contributed by atoms with Crippen LogP contribution in [0.15, 0.2) is 71.5 Å². The summed E-state index contributed by atoms with van der Waals surface area (Å²) in [6.45, 7) is 0. The molecule has 0 atom stereocenters. The van der Waals surface area contributed by atoms with E-state index in [1.165, 1.54) is 6.07 Å². The second kappa shape index (κ2) is 6.68. The number of rotatable bonds is 4. The largest absolute Gasteiger partial charge is 0.497 e. The van der Waals surface area contributed by atoms with Crippen LogP contribution in [0.1, 0.15) is 0 Å². The Bertz CT molecular complexity index is 1060. The predicted octanol–water partition coefficient (Wildman–Crippen LogP) is 3.50. The predicted molar refractivity (Wildman–Crippen MR) is 99.9 cm³/mol. The first kappa shape index (κ1) is 15.8. The Hall–Kier alpha value is -3.67. The molecule has 0 aliphatic carbocycles. The minimum Gasteiger partial charge on any atom is -0.497 e. The molecule has 0 bridgehead atoms. The van der Waals surface area contributed by atoms with Crippen molar-refractivity contribution in [3.8, 4) is 39.5 Å². The third-order valence-corrected chi connectivity index (χ3v) is 4.13. The zero-order valence-corrected chi connectivity index (χ0v) is 14.1. The van der Waals surface area contributed by atoms with E-state index in [1.807, 2.05) is 54.6 Å². The number of hydrogen-bond donors (Lipinski definition) is 2. The second-order valence-corrected chi connectivity index (χ2v) is 5.72. The Labute approximate surface area is 149 Å². The third kappa shape index (κ3) is 2.88. The summed E-state index contributed by atoms with van der Waals surface area (Å²) in [5.41, 5.74) is 4.74. The minimum absolute atomic E-state index is 0.246. The van der Waals surface area contributed by atoms with Crippen LogP contribution < -0.4 is 10.3 Å². The van der Waals surface area contributed by atoms with E-state index >= 15 is 0 Å². The van der Waals surface area contributed by atoms with E-state index in [9.17, 15) is 4.79 Å². The van der Waals surface area contributed by atoms with Gasteiger partial charge in [0.25, 0.3) is 5.56 Å². The summed E-state index contributed by atoms with van der Waals surface area (Å²) < 4.78 is 5.23. The maximum Gasteiger partial charge on any atom is 0.264 e. The SMILES string of the molecule is COc1ccc(-c2n[nH]c(-c3ccccc3)c2-c2ccc(=O)[nH]n2)cc1. The Kier molecular flexibility index (Phi) is 4.07. The molecule has 0 aliphatic rings. The highest BCUT2D eigenvalue weighted by atomic mass is 16.5. The first-order valence-corrected chi connectivity index (χ1v) is 8.10. The molecule has 2 aromatic carbocycles. The lowest BCUT2D eigenvalue weighted by atomic mass is 9.99. The van der Waals surface area contributed by atoms with Gasteiger partial charge in [0.15, 0.2) is 0 Å². The molecule has 0 saturated carbocycles. The highest BCUT2D eigenvalue weighted by Crippen LogP contribution is 2.37. The van der Waals surface area contributed by atoms with Crippen LogP contribution in [-0.4, -0.2) is 27.5 Å². The van der Waals surface area contributed by atoms with Crippen molar-refractivity contribution in [3.05, 3.63) is 77.1 Å². The van der Waals surface area contributed by atoms with E-state index < -0.39 is 0 Å². The summed E-state index contributed by atoms with van der Waals surface area (Å²) in [6, 6.07) is 20.7. The second-order valence-electron chi connectivity index (χ2n) is 5.72. The van der Waals surface area contributed by atoms with Crippen molar-refractivity contribution in [1.29, 1.82) is 0 Å². The van der Waals surface area contributed by atoms with Gasteiger partial charge in [-0.1, -0.05) is 30.3 Å². The lowest BCUT2D eigenvalue weighted by Gasteiger charge is -2.06. The number of aromatic nitrogens is 4. The van der Waals surface area contributed by atoms with Gasteiger partial charge < -0.3 is 4.74 Å². The number of aromatic amines is 2. The van der Waals surface area contributed by atoms with E-state index in [0.717, 1.165) is 33.8 Å². The highest BCUT2D eigenvalue weighted by molar-refractivity contribution is 5.89. The number of H-pyrrole nitrogens is 2. The van der Waals surface area contributed by atoms with Gasteiger partial charge in [0.05, 0.1) is 24.1 Å². The van der Waals surface area contributed by atoms with Gasteiger partial charge in [0.1, 0.15) is 11.4 Å². The van der Waals surface area contributed by atoms with E-state index in [4.69, 9.17) is 4.74 Å². The third-order valence-electron chi connectivity index (χ3n) is 4.13. The Morgan fingerprint density at radius 1 is 0.808 bits per heavy atom. The van der Waals surface area contributed by atoms with Gasteiger partial charge in [-0.3, -0.25) is 9.89 Å². The molecule has 26 heavy (non-hydrogen) atoms. The summed E-state index contributed by atoms with van der Waals surface area (Å²) in [6.07, 6.45) is 0. The monoisotopic (exact) mass is 344 g/mol. The van der Waals surface area contributed by atoms with Crippen molar-refractivity contribution in [2.75, 3.05) is 7.11 Å². The molecule has 0 fully saturated rings. The van der Waals surface area contributed by atoms with Crippen molar-refractivity contribution < 1.29 is 4.74 Å². The van der Waals surface area contributed by atoms with E-state index in [-0.39, 0.29) is 5.56 Å². The van der Waals surface area contributed by atoms with Gasteiger partial charge in [0.2, 0.25) is 0 Å². The van der Waals surface area contributed by atoms with Gasteiger partial charge in [-0.05, 0) is 30.3 Å². The van der Waals surface area contributed by atoms with Crippen LogP contribution in [0.3, 0.4) is 0 Å². The molecule has 4 aromatic rings. The highest BCUT2D eigenvalue weighted by Gasteiger charge is 2.19. The number of hydrogen-bond acceptors (Lipinski definition) is 4. The number of nitrogens with zero attached hydrogens (tertiary/aromatic N) is 2. The van der Waals surface area contributed by atoms with Crippen LogP contribution in [0.5, 0.6) is 5.75 Å². The molecule has 2 heterocycles. The molecule has 0 saturated heterocycles. The molecule has 128 valence electrons. The molecular weight excluding hydrogens is 328 g/mol. The van der Waals surface area contributed by atoms with Crippen LogP contribution in [0, 0.1) is 0 Å². The number of nitrogens with one attached hydrogen (secondary N) is 2. The fourth-order valence-electron chi connectivity index (χ4n) is 2.85. The van der Waals surface area contributed by atoms with Crippen molar-refractivity contribution in [3.63, 3.8) is 0 Å². The fourth-order valence-corrected chi connectivity index (χ4v) is 2.85. The quantitative estimate of drug-likeness (QED) is 0.593. The summed E-state index contributed by atoms with van der Waals surface area (Å²) in [4.78, 5) is 11.4. The summed E-state index contributed by atoms with van der Waals surface area (Å²) in [7, 11) is 1.63. The van der Waals surface area contributed by atoms with Crippen LogP contribution in [-0.2, 0) is 0 Å². The molecule has 6 heteroatoms. The van der Waals surface area contributed by atoms with Crippen molar-refractivity contribution in [1.82, 2.24) is 20.4 Å². The molecule has 2 N–H and O–H groups in total. The molecule has 0 spiro atoms. The van der Waals surface area contributed by atoms with Gasteiger partial charge >= 0.3 is 0 Å². The lowest BCUT2D eigenvalue weighted by Crippen LogP contribution is -2.05. The first-order valence-electron chi connectivity index (χ1n) is 8.10. The molecule has 4 rings (SSSR count). The number of benzene rings is 2. The Balaban J connectivity index is 1.92. The smallest absolute Gasteiger partial charge is 0.264 e. The van der Waals surface area contributed by atoms with Crippen molar-refractivity contribution in [2.45, 2.75) is 0 Å². The zero-order valence-electron chi connectivity index (χ0n) is 14.1. The van der Waals surface area contributed by atoms with Crippen LogP contribution in [0.25, 0.3) is 33.8 Å². The fraction of sp³-hybridized carbons (Fsp3) is 0.0500. The van der Waals surface area contributed by atoms with Crippen LogP contribution >= 0.6 is 0 Å². The van der Waals surface area contributed by atoms with E-state index in [2.05, 4.69) is 20.4 Å². The average molecular weight is 344 g/mol. The summed E-state index contributed by atoms with van der Waals surface area (Å²) in [5, 5.41) is 14.3. The number of methoxy groups -OCH3 is 1. The topological polar surface area (TPSA) is 83.7 Å². The number of ether oxygens (including phenoxy) is 1. The first-order chi connectivity index (χ1) is 12.8. The van der Waals surface area contributed by atoms with Gasteiger partial charge in [0, 0.05) is 17.2 Å². The van der Waals surface area contributed by atoms with Crippen LogP contribution in [0.2, 0.25) is 0 Å². The lowest BCUT2D eigenvalue weighted by molar-refractivity contribution is 0.415. The molecule has 0 amide bonds. The van der Waals surface area contributed by atoms with Gasteiger partial charge in [-0.15, -0.1) is 0 Å². The van der Waals surface area contributed by atoms with Gasteiger partial charge in [-0.2, -0.15) is 10.2 Å². The Morgan fingerprint density at radius 3 is 2.23 bits per heavy atom. The van der Waals surface area contributed by atoms with Crippen LogP contribution in [0.4, 0.5) is 0 Å². The standard InChI is InChI=1S/C20H16N4O2/c1-26-15-9-7-14(8-10-15)20-18(16-11-12-17(25)22-21-16)19(23-24-20)13-5-3-2-4-6-13/h2-12H,1H3,(H,22,25)(H,23,24). The average Bonchev–Trinajstić information content (AvgIpc) is 3.14. The van der Waals surface area contributed by atoms with E-state index in [0.29, 0.717) is 5.69 Å². The van der Waals surface area contributed by atoms with Crippen molar-refractivity contribution >= 4 is 0 Å². The molecule has 0 radical (unpaired) electrons. The summed E-state index contributed by atoms with van der Waals surface area (Å²) >= 11 is 0. The minimum atomic E-state index is -0.246. The molecule has 0 unspecified atom stereocenters. The molecule has 6 nitrogen and oxygen atoms in total. The van der Waals surface area contributed by atoms with Crippen molar-refractivity contribution in [2.24, 2.45) is 0 Å². The molecule has 2 aromatic heterocycles. The normalized spacial score (nSPS) is 10.7. The summed E-state index contributed by atoms with van der Waals surface area (Å²) in [5.74, 6) is 0.774. The Morgan fingerprint density at radius 2 is 1.58 bits per heavy atom. The maximum atomic E-state index is 11.4. The maximum absolute atomic E-state index is 11.4. The molecular formula is C20H16N4O2. The van der Waals surface area contributed by atoms with E-state index in [1.54, 1.807) is 13.2 Å². The zero-order chi connectivity index (χ0) is 17.9. The van der Waals surface area contributed by atoms with Gasteiger partial charge in [-0.25, -0.2) is 5.10 Å².